The van der Waals surface area contributed by atoms with E-state index in [1.807, 2.05) is 24.0 Å². The Morgan fingerprint density at radius 3 is 2.54 bits per heavy atom. The number of piperidine rings is 1. The minimum atomic E-state index is -4.41. The van der Waals surface area contributed by atoms with Crippen LogP contribution in [-0.2, 0) is 12.6 Å². The number of nitrogens with zero attached hydrogens (tertiary/aromatic N) is 5. The monoisotopic (exact) mass is 481 g/mol. The minimum absolute atomic E-state index is 0.0882. The fourth-order valence-electron chi connectivity index (χ4n) is 5.04. The average molecular weight is 482 g/mol. The van der Waals surface area contributed by atoms with Crippen molar-refractivity contribution in [3.63, 3.8) is 0 Å². The summed E-state index contributed by atoms with van der Waals surface area (Å²) in [5.74, 6) is 1.30. The van der Waals surface area contributed by atoms with Crippen molar-refractivity contribution < 1.29 is 18.0 Å². The fraction of sp³-hybridized carbons (Fsp3) is 0.423. The van der Waals surface area contributed by atoms with E-state index in [0.717, 1.165) is 30.7 Å². The third-order valence-electron chi connectivity index (χ3n) is 6.89. The van der Waals surface area contributed by atoms with Crippen LogP contribution in [0.5, 0.6) is 0 Å². The van der Waals surface area contributed by atoms with Crippen LogP contribution in [0.25, 0.3) is 11.4 Å². The molecule has 182 valence electrons. The molecule has 0 radical (unpaired) electrons. The van der Waals surface area contributed by atoms with Crippen LogP contribution in [0.1, 0.15) is 52.4 Å². The largest absolute Gasteiger partial charge is 0.416 e. The summed E-state index contributed by atoms with van der Waals surface area (Å²) in [5, 5.41) is 0. The number of carbonyl (C=O) groups excluding carboxylic acids is 1. The molecule has 2 fully saturated rings. The molecule has 3 atom stereocenters. The van der Waals surface area contributed by atoms with Crippen molar-refractivity contribution in [2.45, 2.75) is 51.7 Å². The van der Waals surface area contributed by atoms with E-state index in [0.29, 0.717) is 59.7 Å². The van der Waals surface area contributed by atoms with Crippen LogP contribution in [0.2, 0.25) is 0 Å². The Hall–Kier alpha value is -3.36. The second-order valence-electron chi connectivity index (χ2n) is 9.55. The molecule has 1 amide bonds. The SMILES string of the molecule is Cc1cc(C(F)(F)F)cc(CC[C@@H]2C[C@H]3C[C@H]3CN2C(=O)c2nc(C)ccc2-c2ncccn2)n1. The Kier molecular flexibility index (Phi) is 6.02. The van der Waals surface area contributed by atoms with Crippen LogP contribution in [0, 0.1) is 25.7 Å². The number of halogens is 3. The van der Waals surface area contributed by atoms with Crippen molar-refractivity contribution in [2.24, 2.45) is 11.8 Å². The Bertz CT molecular complexity index is 1250. The van der Waals surface area contributed by atoms with Crippen LogP contribution in [0.4, 0.5) is 13.2 Å². The lowest BCUT2D eigenvalue weighted by Crippen LogP contribution is -2.45. The van der Waals surface area contributed by atoms with Crippen molar-refractivity contribution in [1.29, 1.82) is 0 Å². The van der Waals surface area contributed by atoms with E-state index in [2.05, 4.69) is 19.9 Å². The van der Waals surface area contributed by atoms with Gasteiger partial charge in [0.15, 0.2) is 5.82 Å². The maximum absolute atomic E-state index is 13.8. The van der Waals surface area contributed by atoms with E-state index in [-0.39, 0.29) is 11.9 Å². The molecule has 0 bridgehead atoms. The lowest BCUT2D eigenvalue weighted by atomic mass is 9.95. The van der Waals surface area contributed by atoms with E-state index in [1.165, 1.54) is 0 Å². The smallest absolute Gasteiger partial charge is 0.334 e. The molecule has 9 heteroatoms. The Balaban J connectivity index is 1.41. The lowest BCUT2D eigenvalue weighted by Gasteiger charge is -2.35. The predicted molar refractivity (Wildman–Crippen MR) is 123 cm³/mol. The molecule has 5 rings (SSSR count). The van der Waals surface area contributed by atoms with Gasteiger partial charge in [0.25, 0.3) is 5.91 Å². The summed E-state index contributed by atoms with van der Waals surface area (Å²) in [7, 11) is 0. The van der Waals surface area contributed by atoms with Crippen LogP contribution in [0.15, 0.2) is 42.7 Å². The first-order valence-corrected chi connectivity index (χ1v) is 11.8. The minimum Gasteiger partial charge on any atom is -0.334 e. The summed E-state index contributed by atoms with van der Waals surface area (Å²) in [4.78, 5) is 33.2. The molecule has 2 aliphatic rings. The summed E-state index contributed by atoms with van der Waals surface area (Å²) < 4.78 is 39.8. The number of aromatic nitrogens is 4. The van der Waals surface area contributed by atoms with Gasteiger partial charge in [0, 0.05) is 42.1 Å². The van der Waals surface area contributed by atoms with Gasteiger partial charge in [-0.15, -0.1) is 0 Å². The van der Waals surface area contributed by atoms with E-state index in [1.54, 1.807) is 25.4 Å². The molecule has 0 unspecified atom stereocenters. The fourth-order valence-corrected chi connectivity index (χ4v) is 5.04. The lowest BCUT2D eigenvalue weighted by molar-refractivity contribution is -0.137. The maximum atomic E-state index is 13.8. The maximum Gasteiger partial charge on any atom is 0.416 e. The van der Waals surface area contributed by atoms with E-state index < -0.39 is 11.7 Å². The molecule has 0 N–H and O–H groups in total. The molecule has 0 spiro atoms. The molecule has 1 aliphatic carbocycles. The van der Waals surface area contributed by atoms with Crippen molar-refractivity contribution in [3.8, 4) is 11.4 Å². The number of alkyl halides is 3. The zero-order valence-corrected chi connectivity index (χ0v) is 19.6. The molecule has 35 heavy (non-hydrogen) atoms. The molecule has 6 nitrogen and oxygen atoms in total. The Morgan fingerprint density at radius 1 is 1.03 bits per heavy atom. The van der Waals surface area contributed by atoms with E-state index in [9.17, 15) is 18.0 Å². The number of aryl methyl sites for hydroxylation is 3. The van der Waals surface area contributed by atoms with Crippen LogP contribution in [-0.4, -0.2) is 43.3 Å². The normalized spacial score (nSPS) is 21.5. The first-order valence-electron chi connectivity index (χ1n) is 11.8. The molecular weight excluding hydrogens is 455 g/mol. The summed E-state index contributed by atoms with van der Waals surface area (Å²) in [6.45, 7) is 4.03. The number of likely N-dealkylation sites (tertiary alicyclic amines) is 1. The highest BCUT2D eigenvalue weighted by atomic mass is 19.4. The Labute approximate surface area is 201 Å². The van der Waals surface area contributed by atoms with Crippen LogP contribution >= 0.6 is 0 Å². The van der Waals surface area contributed by atoms with Gasteiger partial charge < -0.3 is 4.90 Å². The number of hydrogen-bond donors (Lipinski definition) is 0. The Morgan fingerprint density at radius 2 is 1.80 bits per heavy atom. The average Bonchev–Trinajstić information content (AvgIpc) is 3.60. The van der Waals surface area contributed by atoms with Gasteiger partial charge in [0.05, 0.1) is 11.1 Å². The summed E-state index contributed by atoms with van der Waals surface area (Å²) >= 11 is 0. The van der Waals surface area contributed by atoms with Gasteiger partial charge in [-0.2, -0.15) is 13.2 Å². The molecular formula is C26H26F3N5O. The first-order chi connectivity index (χ1) is 16.7. The number of hydrogen-bond acceptors (Lipinski definition) is 5. The van der Waals surface area contributed by atoms with Gasteiger partial charge in [-0.3, -0.25) is 9.78 Å². The van der Waals surface area contributed by atoms with Gasteiger partial charge in [-0.05, 0) is 81.7 Å². The van der Waals surface area contributed by atoms with Gasteiger partial charge in [-0.1, -0.05) is 0 Å². The highest BCUT2D eigenvalue weighted by molar-refractivity contribution is 5.98. The first kappa shape index (κ1) is 23.4. The van der Waals surface area contributed by atoms with Crippen molar-refractivity contribution in [3.05, 3.63) is 71.1 Å². The number of rotatable bonds is 5. The van der Waals surface area contributed by atoms with Gasteiger partial charge in [-0.25, -0.2) is 15.0 Å². The third-order valence-corrected chi connectivity index (χ3v) is 6.89. The number of fused-ring (bicyclic) bond motifs is 1. The standard InChI is InChI=1S/C26H26F3N5O/c1-15-4-7-22(24-30-8-3-9-31-24)23(33-15)25(35)34-14-18-11-17(18)12-21(34)6-5-20-13-19(26(27,28)29)10-16(2)32-20/h3-4,7-10,13,17-18,21H,5-6,11-12,14H2,1-2H3/t17-,18+,21-/m1/s1. The zero-order chi connectivity index (χ0) is 24.7. The van der Waals surface area contributed by atoms with E-state index >= 15 is 0 Å². The van der Waals surface area contributed by atoms with E-state index in [4.69, 9.17) is 0 Å². The zero-order valence-electron chi connectivity index (χ0n) is 19.6. The number of pyridine rings is 2. The quantitative estimate of drug-likeness (QED) is 0.510. The highest BCUT2D eigenvalue weighted by Gasteiger charge is 2.47. The molecule has 0 aromatic carbocycles. The van der Waals surface area contributed by atoms with Crippen molar-refractivity contribution in [2.75, 3.05) is 6.54 Å². The summed E-state index contributed by atoms with van der Waals surface area (Å²) in [6.07, 6.45) is 1.67. The summed E-state index contributed by atoms with van der Waals surface area (Å²) in [5.41, 5.74) is 1.66. The topological polar surface area (TPSA) is 71.9 Å². The molecule has 1 saturated carbocycles. The van der Waals surface area contributed by atoms with Crippen molar-refractivity contribution >= 4 is 5.91 Å². The van der Waals surface area contributed by atoms with Crippen molar-refractivity contribution in [1.82, 2.24) is 24.8 Å². The van der Waals surface area contributed by atoms with Gasteiger partial charge >= 0.3 is 6.18 Å². The predicted octanol–water partition coefficient (Wildman–Crippen LogP) is 5.05. The van der Waals surface area contributed by atoms with Gasteiger partial charge in [0.1, 0.15) is 5.69 Å². The molecule has 1 aliphatic heterocycles. The number of amides is 1. The molecule has 3 aromatic rings. The third kappa shape index (κ3) is 5.04. The molecule has 1 saturated heterocycles. The second kappa shape index (κ2) is 9.02. The van der Waals surface area contributed by atoms with Gasteiger partial charge in [0.2, 0.25) is 0 Å². The molecule has 3 aromatic heterocycles. The second-order valence-corrected chi connectivity index (χ2v) is 9.55. The highest BCUT2D eigenvalue weighted by Crippen LogP contribution is 2.48. The summed E-state index contributed by atoms with van der Waals surface area (Å²) in [6, 6.07) is 7.45. The van der Waals surface area contributed by atoms with Crippen LogP contribution < -0.4 is 0 Å². The molecule has 4 heterocycles. The van der Waals surface area contributed by atoms with Crippen LogP contribution in [0.3, 0.4) is 0 Å². The number of carbonyl (C=O) groups is 1.